The number of pyridine rings is 1. The van der Waals surface area contributed by atoms with Crippen molar-refractivity contribution in [3.63, 3.8) is 0 Å². The summed E-state index contributed by atoms with van der Waals surface area (Å²) in [6, 6.07) is 10.4. The van der Waals surface area contributed by atoms with Gasteiger partial charge in [0.15, 0.2) is 6.10 Å². The van der Waals surface area contributed by atoms with E-state index < -0.39 is 12.2 Å². The number of rotatable bonds is 1. The van der Waals surface area contributed by atoms with Crippen LogP contribution in [0.5, 0.6) is 11.5 Å². The number of ether oxygens (including phenoxy) is 1. The Morgan fingerprint density at radius 1 is 1.22 bits per heavy atom. The van der Waals surface area contributed by atoms with Gasteiger partial charge in [0.05, 0.1) is 5.69 Å². The quantitative estimate of drug-likeness (QED) is 0.802. The van der Waals surface area contributed by atoms with Gasteiger partial charge in [-0.15, -0.1) is 0 Å². The Kier molecular flexibility index (Phi) is 2.64. The Labute approximate surface area is 104 Å². The highest BCUT2D eigenvalue weighted by molar-refractivity contribution is 5.35. The molecule has 0 fully saturated rings. The Morgan fingerprint density at radius 3 is 2.94 bits per heavy atom. The van der Waals surface area contributed by atoms with Gasteiger partial charge in [0, 0.05) is 12.6 Å². The highest BCUT2D eigenvalue weighted by Gasteiger charge is 2.30. The Balaban J connectivity index is 1.96. The first-order chi connectivity index (χ1) is 8.74. The van der Waals surface area contributed by atoms with Gasteiger partial charge in [0.1, 0.15) is 17.6 Å². The number of fused-ring (bicyclic) bond motifs is 1. The van der Waals surface area contributed by atoms with Crippen molar-refractivity contribution in [2.45, 2.75) is 18.6 Å². The summed E-state index contributed by atoms with van der Waals surface area (Å²) in [4.78, 5) is 4.18. The second kappa shape index (κ2) is 4.31. The molecule has 2 aromatic rings. The van der Waals surface area contributed by atoms with Crippen LogP contribution in [0.2, 0.25) is 0 Å². The van der Waals surface area contributed by atoms with Crippen molar-refractivity contribution in [2.24, 2.45) is 0 Å². The van der Waals surface area contributed by atoms with E-state index in [1.54, 1.807) is 30.5 Å². The van der Waals surface area contributed by atoms with Gasteiger partial charge in [0.25, 0.3) is 0 Å². The van der Waals surface area contributed by atoms with Crippen molar-refractivity contribution in [2.75, 3.05) is 0 Å². The minimum absolute atomic E-state index is 0.167. The molecule has 2 heterocycles. The normalized spacial score (nSPS) is 22.1. The molecule has 0 bridgehead atoms. The van der Waals surface area contributed by atoms with E-state index in [-0.39, 0.29) is 5.75 Å². The van der Waals surface area contributed by atoms with E-state index in [1.165, 1.54) is 0 Å². The summed E-state index contributed by atoms with van der Waals surface area (Å²) in [6.45, 7) is 0. The molecule has 0 spiro atoms. The van der Waals surface area contributed by atoms with E-state index in [4.69, 9.17) is 4.74 Å². The van der Waals surface area contributed by atoms with E-state index in [0.29, 0.717) is 12.2 Å². The Morgan fingerprint density at radius 2 is 2.11 bits per heavy atom. The van der Waals surface area contributed by atoms with Crippen LogP contribution in [-0.2, 0) is 6.42 Å². The molecule has 3 rings (SSSR count). The second-order valence-corrected chi connectivity index (χ2v) is 4.35. The number of benzene rings is 1. The molecule has 0 unspecified atom stereocenters. The minimum atomic E-state index is -0.658. The first-order valence-electron chi connectivity index (χ1n) is 5.81. The van der Waals surface area contributed by atoms with Gasteiger partial charge < -0.3 is 14.9 Å². The van der Waals surface area contributed by atoms with Crippen molar-refractivity contribution < 1.29 is 14.9 Å². The SMILES string of the molecule is Oc1cccc([C@@H]2Oc3cccnc3C[C@@H]2O)c1. The van der Waals surface area contributed by atoms with Gasteiger partial charge in [-0.25, -0.2) is 0 Å². The van der Waals surface area contributed by atoms with E-state index in [9.17, 15) is 10.2 Å². The molecule has 92 valence electrons. The molecule has 0 aliphatic carbocycles. The zero-order valence-electron chi connectivity index (χ0n) is 9.65. The lowest BCUT2D eigenvalue weighted by molar-refractivity contribution is 0.0192. The van der Waals surface area contributed by atoms with Crippen LogP contribution in [0, 0.1) is 0 Å². The molecule has 1 aliphatic rings. The number of aliphatic hydroxyl groups excluding tert-OH is 1. The standard InChI is InChI=1S/C14H13NO3/c16-10-4-1-3-9(7-10)14-12(17)8-11-13(18-14)5-2-6-15-11/h1-7,12,14,16-17H,8H2/t12-,14-/m0/s1. The summed E-state index contributed by atoms with van der Waals surface area (Å²) >= 11 is 0. The van der Waals surface area contributed by atoms with Crippen molar-refractivity contribution in [3.05, 3.63) is 53.9 Å². The maximum atomic E-state index is 10.1. The fraction of sp³-hybridized carbons (Fsp3) is 0.214. The smallest absolute Gasteiger partial charge is 0.150 e. The Bertz CT molecular complexity index is 570. The van der Waals surface area contributed by atoms with Crippen LogP contribution >= 0.6 is 0 Å². The van der Waals surface area contributed by atoms with Crippen molar-refractivity contribution in [1.29, 1.82) is 0 Å². The number of hydrogen-bond donors (Lipinski definition) is 2. The summed E-state index contributed by atoms with van der Waals surface area (Å²) in [5.41, 5.74) is 1.53. The highest BCUT2D eigenvalue weighted by atomic mass is 16.5. The van der Waals surface area contributed by atoms with Gasteiger partial charge in [-0.1, -0.05) is 12.1 Å². The predicted molar refractivity (Wildman–Crippen MR) is 65.4 cm³/mol. The largest absolute Gasteiger partial charge is 0.508 e. The molecule has 0 saturated carbocycles. The van der Waals surface area contributed by atoms with Crippen LogP contribution in [0.1, 0.15) is 17.4 Å². The zero-order valence-corrected chi connectivity index (χ0v) is 9.65. The molecular formula is C14H13NO3. The third-order valence-electron chi connectivity index (χ3n) is 3.05. The fourth-order valence-electron chi connectivity index (χ4n) is 2.20. The van der Waals surface area contributed by atoms with E-state index in [2.05, 4.69) is 4.98 Å². The zero-order chi connectivity index (χ0) is 12.5. The fourth-order valence-corrected chi connectivity index (χ4v) is 2.20. The summed E-state index contributed by atoms with van der Waals surface area (Å²) in [7, 11) is 0. The molecule has 1 aromatic carbocycles. The number of aromatic hydroxyl groups is 1. The van der Waals surface area contributed by atoms with Crippen LogP contribution in [0.3, 0.4) is 0 Å². The molecule has 0 amide bonds. The first-order valence-corrected chi connectivity index (χ1v) is 5.81. The van der Waals surface area contributed by atoms with Crippen LogP contribution in [0.4, 0.5) is 0 Å². The van der Waals surface area contributed by atoms with Crippen LogP contribution in [0.25, 0.3) is 0 Å². The van der Waals surface area contributed by atoms with E-state index >= 15 is 0 Å². The molecule has 0 radical (unpaired) electrons. The average Bonchev–Trinajstić information content (AvgIpc) is 2.38. The third kappa shape index (κ3) is 1.91. The summed E-state index contributed by atoms with van der Waals surface area (Å²) in [5.74, 6) is 0.858. The maximum absolute atomic E-state index is 10.1. The van der Waals surface area contributed by atoms with Crippen LogP contribution in [0.15, 0.2) is 42.6 Å². The van der Waals surface area contributed by atoms with E-state index in [1.807, 2.05) is 12.1 Å². The number of nitrogens with zero attached hydrogens (tertiary/aromatic N) is 1. The lowest BCUT2D eigenvalue weighted by atomic mass is 9.97. The summed E-state index contributed by atoms with van der Waals surface area (Å²) in [6.07, 6.45) is 1.02. The maximum Gasteiger partial charge on any atom is 0.150 e. The average molecular weight is 243 g/mol. The summed E-state index contributed by atoms with van der Waals surface area (Å²) in [5, 5.41) is 19.6. The monoisotopic (exact) mass is 243 g/mol. The molecule has 0 saturated heterocycles. The first kappa shape index (κ1) is 11.0. The van der Waals surface area contributed by atoms with Crippen molar-refractivity contribution in [1.82, 2.24) is 4.98 Å². The number of hydrogen-bond acceptors (Lipinski definition) is 4. The topological polar surface area (TPSA) is 62.6 Å². The molecule has 1 aliphatic heterocycles. The van der Waals surface area contributed by atoms with Crippen LogP contribution < -0.4 is 4.74 Å². The molecule has 4 nitrogen and oxygen atoms in total. The lowest BCUT2D eigenvalue weighted by Crippen LogP contribution is -2.30. The number of phenolic OH excluding ortho intramolecular Hbond substituents is 1. The summed E-state index contributed by atoms with van der Waals surface area (Å²) < 4.78 is 5.76. The molecule has 2 N–H and O–H groups in total. The van der Waals surface area contributed by atoms with Gasteiger partial charge in [0.2, 0.25) is 0 Å². The van der Waals surface area contributed by atoms with Crippen molar-refractivity contribution in [3.8, 4) is 11.5 Å². The van der Waals surface area contributed by atoms with Crippen LogP contribution in [-0.4, -0.2) is 21.3 Å². The number of phenols is 1. The third-order valence-corrected chi connectivity index (χ3v) is 3.05. The van der Waals surface area contributed by atoms with Gasteiger partial charge in [-0.2, -0.15) is 0 Å². The number of aliphatic hydroxyl groups is 1. The Hall–Kier alpha value is -2.07. The van der Waals surface area contributed by atoms with Crippen molar-refractivity contribution >= 4 is 0 Å². The second-order valence-electron chi connectivity index (χ2n) is 4.35. The predicted octanol–water partition coefficient (Wildman–Crippen LogP) is 1.82. The molecule has 1 aromatic heterocycles. The lowest BCUT2D eigenvalue weighted by Gasteiger charge is -2.30. The van der Waals surface area contributed by atoms with Gasteiger partial charge in [-0.3, -0.25) is 4.98 Å². The number of aromatic nitrogens is 1. The van der Waals surface area contributed by atoms with E-state index in [0.717, 1.165) is 11.3 Å². The van der Waals surface area contributed by atoms with Gasteiger partial charge in [-0.05, 0) is 29.8 Å². The van der Waals surface area contributed by atoms with Gasteiger partial charge >= 0.3 is 0 Å². The molecule has 18 heavy (non-hydrogen) atoms. The highest BCUT2D eigenvalue weighted by Crippen LogP contribution is 2.34. The minimum Gasteiger partial charge on any atom is -0.508 e. The molecule has 4 heteroatoms. The molecular weight excluding hydrogens is 230 g/mol. The molecule has 2 atom stereocenters.